The molecule has 5 rings (SSSR count). The highest BCUT2D eigenvalue weighted by Crippen LogP contribution is 2.48. The third kappa shape index (κ3) is 2.15. The second-order valence-corrected chi connectivity index (χ2v) is 6.81. The fourth-order valence-corrected chi connectivity index (χ4v) is 3.75. The smallest absolute Gasteiger partial charge is 0.337 e. The van der Waals surface area contributed by atoms with Crippen LogP contribution in [0, 0.1) is 0 Å². The first kappa shape index (κ1) is 15.1. The summed E-state index contributed by atoms with van der Waals surface area (Å²) in [6, 6.07) is 12.1. The van der Waals surface area contributed by atoms with E-state index in [-0.39, 0.29) is 25.3 Å². The molecule has 0 fully saturated rings. The van der Waals surface area contributed by atoms with E-state index in [1.165, 1.54) is 0 Å². The summed E-state index contributed by atoms with van der Waals surface area (Å²) in [5.74, 6) is 0.961. The van der Waals surface area contributed by atoms with Crippen molar-refractivity contribution in [3.8, 4) is 11.5 Å². The minimum atomic E-state index is -0.266. The van der Waals surface area contributed by atoms with Crippen LogP contribution in [-0.4, -0.2) is 33.5 Å². The van der Waals surface area contributed by atoms with Crippen LogP contribution in [0.2, 0.25) is 0 Å². The Morgan fingerprint density at radius 1 is 1.04 bits per heavy atom. The number of ether oxygens (including phenoxy) is 3. The molecule has 1 unspecified atom stereocenters. The number of carbonyl (C=O) groups is 1. The summed E-state index contributed by atoms with van der Waals surface area (Å²) in [5.41, 5.74) is 5.56. The van der Waals surface area contributed by atoms with E-state index in [2.05, 4.69) is 29.6 Å². The number of hydrogen-bond acceptors (Lipinski definition) is 6. The molecule has 6 nitrogen and oxygen atoms in total. The van der Waals surface area contributed by atoms with Crippen molar-refractivity contribution >= 4 is 17.3 Å². The average molecular weight is 350 g/mol. The quantitative estimate of drug-likeness (QED) is 0.841. The van der Waals surface area contributed by atoms with Crippen LogP contribution in [0.25, 0.3) is 0 Å². The Hall–Kier alpha value is -3.15. The number of fused-ring (bicyclic) bond motifs is 2. The molecule has 0 saturated heterocycles. The first-order valence-corrected chi connectivity index (χ1v) is 8.50. The summed E-state index contributed by atoms with van der Waals surface area (Å²) in [4.78, 5) is 14.5. The third-order valence-electron chi connectivity index (χ3n) is 5.07. The Balaban J connectivity index is 1.67. The summed E-state index contributed by atoms with van der Waals surface area (Å²) in [7, 11) is 4.01. The van der Waals surface area contributed by atoms with Gasteiger partial charge in [0.25, 0.3) is 0 Å². The van der Waals surface area contributed by atoms with E-state index < -0.39 is 0 Å². The summed E-state index contributed by atoms with van der Waals surface area (Å²) in [6.07, 6.45) is 0. The Morgan fingerprint density at radius 3 is 2.50 bits per heavy atom. The van der Waals surface area contributed by atoms with E-state index in [0.717, 1.165) is 28.2 Å². The van der Waals surface area contributed by atoms with Gasteiger partial charge in [0.1, 0.15) is 6.61 Å². The lowest BCUT2D eigenvalue weighted by atomic mass is 9.81. The minimum Gasteiger partial charge on any atom is -0.456 e. The molecule has 2 aromatic carbocycles. The number of anilines is 2. The van der Waals surface area contributed by atoms with E-state index in [9.17, 15) is 4.79 Å². The number of rotatable bonds is 2. The molecule has 0 radical (unpaired) electrons. The highest BCUT2D eigenvalue weighted by Gasteiger charge is 2.39. The summed E-state index contributed by atoms with van der Waals surface area (Å²) >= 11 is 0. The van der Waals surface area contributed by atoms with E-state index in [1.807, 2.05) is 31.1 Å². The Bertz CT molecular complexity index is 947. The van der Waals surface area contributed by atoms with Gasteiger partial charge < -0.3 is 24.4 Å². The molecule has 6 heteroatoms. The van der Waals surface area contributed by atoms with Crippen molar-refractivity contribution in [1.82, 2.24) is 0 Å². The van der Waals surface area contributed by atoms with Gasteiger partial charge in [-0.05, 0) is 29.3 Å². The van der Waals surface area contributed by atoms with Crippen LogP contribution in [0.4, 0.5) is 11.4 Å². The molecule has 0 aliphatic carbocycles. The highest BCUT2D eigenvalue weighted by atomic mass is 16.7. The van der Waals surface area contributed by atoms with Crippen molar-refractivity contribution in [2.75, 3.05) is 37.7 Å². The average Bonchev–Trinajstić information content (AvgIpc) is 3.24. The van der Waals surface area contributed by atoms with E-state index in [0.29, 0.717) is 17.1 Å². The SMILES string of the molecule is CN(C)c1ccc(C2C3=C(COC3=O)Nc3cc4c(cc32)OCO4)cc1. The maximum atomic E-state index is 12.4. The van der Waals surface area contributed by atoms with E-state index >= 15 is 0 Å². The van der Waals surface area contributed by atoms with Crippen molar-refractivity contribution in [3.05, 3.63) is 58.8 Å². The van der Waals surface area contributed by atoms with Gasteiger partial charge in [-0.25, -0.2) is 4.79 Å². The molecule has 0 spiro atoms. The second kappa shape index (κ2) is 5.42. The van der Waals surface area contributed by atoms with Crippen LogP contribution in [-0.2, 0) is 9.53 Å². The maximum absolute atomic E-state index is 12.4. The number of nitrogens with zero attached hydrogens (tertiary/aromatic N) is 1. The number of carbonyl (C=O) groups excluding carboxylic acids is 1. The molecule has 26 heavy (non-hydrogen) atoms. The van der Waals surface area contributed by atoms with Crippen LogP contribution in [0.1, 0.15) is 17.0 Å². The van der Waals surface area contributed by atoms with Crippen molar-refractivity contribution in [3.63, 3.8) is 0 Å². The molecular formula is C20H18N2O4. The normalized spacial score (nSPS) is 19.6. The third-order valence-corrected chi connectivity index (χ3v) is 5.07. The lowest BCUT2D eigenvalue weighted by Crippen LogP contribution is -2.20. The van der Waals surface area contributed by atoms with Crippen molar-refractivity contribution in [1.29, 1.82) is 0 Å². The first-order chi connectivity index (χ1) is 12.6. The molecule has 132 valence electrons. The van der Waals surface area contributed by atoms with Crippen molar-refractivity contribution in [2.45, 2.75) is 5.92 Å². The topological polar surface area (TPSA) is 60.0 Å². The summed E-state index contributed by atoms with van der Waals surface area (Å²) in [5, 5.41) is 3.34. The molecule has 0 bridgehead atoms. The van der Waals surface area contributed by atoms with Crippen molar-refractivity contribution < 1.29 is 19.0 Å². The predicted molar refractivity (Wildman–Crippen MR) is 96.8 cm³/mol. The van der Waals surface area contributed by atoms with Gasteiger partial charge in [-0.15, -0.1) is 0 Å². The monoisotopic (exact) mass is 350 g/mol. The largest absolute Gasteiger partial charge is 0.456 e. The number of cyclic esters (lactones) is 1. The predicted octanol–water partition coefficient (Wildman–Crippen LogP) is 2.85. The molecule has 0 aromatic heterocycles. The van der Waals surface area contributed by atoms with Gasteiger partial charge in [0.15, 0.2) is 11.5 Å². The minimum absolute atomic E-state index is 0.193. The molecule has 3 aliphatic rings. The van der Waals surface area contributed by atoms with Gasteiger partial charge >= 0.3 is 5.97 Å². The fraction of sp³-hybridized carbons (Fsp3) is 0.250. The number of benzene rings is 2. The zero-order chi connectivity index (χ0) is 17.8. The molecular weight excluding hydrogens is 332 g/mol. The van der Waals surface area contributed by atoms with Crippen LogP contribution in [0.5, 0.6) is 11.5 Å². The number of hydrogen-bond donors (Lipinski definition) is 1. The Kier molecular flexibility index (Phi) is 3.16. The summed E-state index contributed by atoms with van der Waals surface area (Å²) in [6.45, 7) is 0.490. The van der Waals surface area contributed by atoms with E-state index in [4.69, 9.17) is 14.2 Å². The van der Waals surface area contributed by atoms with Gasteiger partial charge in [-0.2, -0.15) is 0 Å². The van der Waals surface area contributed by atoms with Crippen LogP contribution >= 0.6 is 0 Å². The summed E-state index contributed by atoms with van der Waals surface area (Å²) < 4.78 is 16.3. The first-order valence-electron chi connectivity index (χ1n) is 8.50. The molecule has 1 atom stereocenters. The highest BCUT2D eigenvalue weighted by molar-refractivity contribution is 5.97. The molecule has 3 heterocycles. The Labute approximate surface area is 151 Å². The molecule has 2 aromatic rings. The number of esters is 1. The van der Waals surface area contributed by atoms with E-state index in [1.54, 1.807) is 0 Å². The Morgan fingerprint density at radius 2 is 1.77 bits per heavy atom. The molecule has 1 N–H and O–H groups in total. The standard InChI is InChI=1S/C20H18N2O4/c1-22(2)12-5-3-11(4-6-12)18-13-7-16-17(26-10-25-16)8-14(13)21-15-9-24-20(23)19(15)18/h3-8,18,21H,9-10H2,1-2H3. The molecule has 3 aliphatic heterocycles. The van der Waals surface area contributed by atoms with Crippen LogP contribution in [0.15, 0.2) is 47.7 Å². The lowest BCUT2D eigenvalue weighted by molar-refractivity contribution is -0.136. The van der Waals surface area contributed by atoms with Gasteiger partial charge in [0.2, 0.25) is 6.79 Å². The second-order valence-electron chi connectivity index (χ2n) is 6.81. The maximum Gasteiger partial charge on any atom is 0.337 e. The van der Waals surface area contributed by atoms with Crippen LogP contribution in [0.3, 0.4) is 0 Å². The van der Waals surface area contributed by atoms with Gasteiger partial charge in [0, 0.05) is 37.5 Å². The van der Waals surface area contributed by atoms with Gasteiger partial charge in [-0.3, -0.25) is 0 Å². The van der Waals surface area contributed by atoms with Gasteiger partial charge in [0.05, 0.1) is 11.3 Å². The molecule has 0 amide bonds. The van der Waals surface area contributed by atoms with Crippen molar-refractivity contribution in [2.24, 2.45) is 0 Å². The number of nitrogens with one attached hydrogen (secondary N) is 1. The zero-order valence-corrected chi connectivity index (χ0v) is 14.5. The zero-order valence-electron chi connectivity index (χ0n) is 14.5. The van der Waals surface area contributed by atoms with Crippen LogP contribution < -0.4 is 19.7 Å². The fourth-order valence-electron chi connectivity index (χ4n) is 3.75. The lowest BCUT2D eigenvalue weighted by Gasteiger charge is -2.27. The van der Waals surface area contributed by atoms with Gasteiger partial charge in [-0.1, -0.05) is 12.1 Å². The molecule has 0 saturated carbocycles.